The van der Waals surface area contributed by atoms with E-state index in [1.165, 1.54) is 37.7 Å². The molecule has 26 heavy (non-hydrogen) atoms. The molecule has 0 saturated carbocycles. The molecule has 1 aliphatic rings. The second-order valence-corrected chi connectivity index (χ2v) is 9.43. The number of halogens is 1. The summed E-state index contributed by atoms with van der Waals surface area (Å²) < 4.78 is 6.15. The first-order valence-electron chi connectivity index (χ1n) is 10.4. The van der Waals surface area contributed by atoms with Gasteiger partial charge in [0.15, 0.2) is 0 Å². The minimum Gasteiger partial charge on any atom is -0.375 e. The third-order valence-electron chi connectivity index (χ3n) is 6.31. The fraction of sp³-hybridized carbons (Fsp3) is 0.739. The van der Waals surface area contributed by atoms with Crippen LogP contribution in [0.15, 0.2) is 24.3 Å². The number of benzene rings is 1. The van der Waals surface area contributed by atoms with Crippen molar-refractivity contribution in [3.8, 4) is 0 Å². The fourth-order valence-corrected chi connectivity index (χ4v) is 4.37. The van der Waals surface area contributed by atoms with Crippen LogP contribution in [0.4, 0.5) is 0 Å². The highest BCUT2D eigenvalue weighted by atomic mass is 35.5. The van der Waals surface area contributed by atoms with Crippen LogP contribution >= 0.6 is 11.6 Å². The molecule has 1 aromatic carbocycles. The summed E-state index contributed by atoms with van der Waals surface area (Å²) in [6, 6.07) is 8.55. The maximum atomic E-state index is 6.15. The number of rotatable bonds is 9. The molecule has 148 valence electrons. The van der Waals surface area contributed by atoms with Gasteiger partial charge in [0.2, 0.25) is 0 Å². The summed E-state index contributed by atoms with van der Waals surface area (Å²) in [5, 5.41) is 4.54. The van der Waals surface area contributed by atoms with E-state index in [0.29, 0.717) is 11.5 Å². The third kappa shape index (κ3) is 6.25. The van der Waals surface area contributed by atoms with E-state index in [0.717, 1.165) is 30.5 Å². The van der Waals surface area contributed by atoms with Gasteiger partial charge in [0.1, 0.15) is 0 Å². The standard InChI is InChI=1S/C23H38ClNO/c1-6-22(5)17-23(14-16-26-22,12-11-18(2)3)13-15-25-19(4)20-7-9-21(24)10-8-20/h7-10,18-19,25H,6,11-17H2,1-5H3/t19-,22+,23-/m1/s1. The normalized spacial score (nSPS) is 27.7. The number of nitrogens with one attached hydrogen (secondary N) is 1. The quantitative estimate of drug-likeness (QED) is 0.510. The van der Waals surface area contributed by atoms with Gasteiger partial charge in [-0.15, -0.1) is 0 Å². The molecule has 0 radical (unpaired) electrons. The summed E-state index contributed by atoms with van der Waals surface area (Å²) in [6.07, 6.45) is 7.36. The number of ether oxygens (including phenoxy) is 1. The summed E-state index contributed by atoms with van der Waals surface area (Å²) >= 11 is 6.01. The zero-order valence-electron chi connectivity index (χ0n) is 17.4. The SMILES string of the molecule is CC[C@@]1(C)C[C@@](CCN[C@H](C)c2ccc(Cl)cc2)(CCC(C)C)CCO1. The van der Waals surface area contributed by atoms with Crippen molar-refractivity contribution in [1.82, 2.24) is 5.32 Å². The van der Waals surface area contributed by atoms with Gasteiger partial charge in [-0.3, -0.25) is 0 Å². The molecular weight excluding hydrogens is 342 g/mol. The van der Waals surface area contributed by atoms with Crippen molar-refractivity contribution < 1.29 is 4.74 Å². The molecule has 0 aromatic heterocycles. The smallest absolute Gasteiger partial charge is 0.0657 e. The molecule has 2 nitrogen and oxygen atoms in total. The van der Waals surface area contributed by atoms with Gasteiger partial charge in [-0.25, -0.2) is 0 Å². The van der Waals surface area contributed by atoms with Crippen LogP contribution in [0.25, 0.3) is 0 Å². The molecule has 2 rings (SSSR count). The van der Waals surface area contributed by atoms with Crippen LogP contribution in [0.5, 0.6) is 0 Å². The minimum atomic E-state index is 0.0526. The van der Waals surface area contributed by atoms with Crippen LogP contribution in [-0.2, 0) is 4.74 Å². The van der Waals surface area contributed by atoms with Crippen molar-refractivity contribution in [2.75, 3.05) is 13.2 Å². The van der Waals surface area contributed by atoms with E-state index < -0.39 is 0 Å². The fourth-order valence-electron chi connectivity index (χ4n) is 4.24. The summed E-state index contributed by atoms with van der Waals surface area (Å²) in [4.78, 5) is 0. The number of hydrogen-bond donors (Lipinski definition) is 1. The van der Waals surface area contributed by atoms with Crippen LogP contribution in [0.3, 0.4) is 0 Å². The maximum Gasteiger partial charge on any atom is 0.0657 e. The van der Waals surface area contributed by atoms with E-state index in [9.17, 15) is 0 Å². The first-order chi connectivity index (χ1) is 12.3. The van der Waals surface area contributed by atoms with Gasteiger partial charge in [-0.1, -0.05) is 50.9 Å². The second kappa shape index (κ2) is 9.57. The Morgan fingerprint density at radius 3 is 2.46 bits per heavy atom. The van der Waals surface area contributed by atoms with Crippen molar-refractivity contribution in [2.45, 2.75) is 84.8 Å². The Labute approximate surface area is 166 Å². The predicted octanol–water partition coefficient (Wildman–Crippen LogP) is 6.78. The highest BCUT2D eigenvalue weighted by Crippen LogP contribution is 2.46. The Hall–Kier alpha value is -0.570. The van der Waals surface area contributed by atoms with Crippen LogP contribution in [0.1, 0.15) is 84.7 Å². The molecule has 1 aliphatic heterocycles. The lowest BCUT2D eigenvalue weighted by atomic mass is 9.67. The topological polar surface area (TPSA) is 21.3 Å². The second-order valence-electron chi connectivity index (χ2n) is 8.99. The van der Waals surface area contributed by atoms with Crippen molar-refractivity contribution in [3.05, 3.63) is 34.9 Å². The van der Waals surface area contributed by atoms with E-state index in [4.69, 9.17) is 16.3 Å². The molecular formula is C23H38ClNO. The maximum absolute atomic E-state index is 6.15. The van der Waals surface area contributed by atoms with Gasteiger partial charge >= 0.3 is 0 Å². The van der Waals surface area contributed by atoms with E-state index >= 15 is 0 Å². The Morgan fingerprint density at radius 1 is 1.15 bits per heavy atom. The van der Waals surface area contributed by atoms with E-state index in [1.807, 2.05) is 12.1 Å². The highest BCUT2D eigenvalue weighted by Gasteiger charge is 2.41. The molecule has 1 N–H and O–H groups in total. The van der Waals surface area contributed by atoms with Crippen molar-refractivity contribution >= 4 is 11.6 Å². The van der Waals surface area contributed by atoms with Crippen LogP contribution in [0.2, 0.25) is 5.02 Å². The molecule has 0 bridgehead atoms. The molecule has 0 aliphatic carbocycles. The largest absolute Gasteiger partial charge is 0.375 e. The summed E-state index contributed by atoms with van der Waals surface area (Å²) in [6.45, 7) is 13.5. The predicted molar refractivity (Wildman–Crippen MR) is 113 cm³/mol. The Morgan fingerprint density at radius 2 is 1.85 bits per heavy atom. The van der Waals surface area contributed by atoms with E-state index in [1.54, 1.807) is 0 Å². The lowest BCUT2D eigenvalue weighted by Crippen LogP contribution is -2.44. The molecule has 0 spiro atoms. The molecule has 1 aromatic rings. The van der Waals surface area contributed by atoms with Crippen molar-refractivity contribution in [2.24, 2.45) is 11.3 Å². The Kier molecular flexibility index (Phi) is 8.00. The van der Waals surface area contributed by atoms with Gasteiger partial charge in [0.05, 0.1) is 5.60 Å². The summed E-state index contributed by atoms with van der Waals surface area (Å²) in [5.74, 6) is 0.767. The van der Waals surface area contributed by atoms with Crippen LogP contribution in [0, 0.1) is 11.3 Å². The average Bonchev–Trinajstić information content (AvgIpc) is 2.61. The first kappa shape index (κ1) is 21.7. The lowest BCUT2D eigenvalue weighted by Gasteiger charge is -2.47. The zero-order chi connectivity index (χ0) is 19.2. The van der Waals surface area contributed by atoms with E-state index in [-0.39, 0.29) is 5.60 Å². The molecule has 3 heteroatoms. The molecule has 3 atom stereocenters. The molecule has 0 unspecified atom stereocenters. The zero-order valence-corrected chi connectivity index (χ0v) is 18.2. The third-order valence-corrected chi connectivity index (χ3v) is 6.56. The van der Waals surface area contributed by atoms with Crippen LogP contribution in [-0.4, -0.2) is 18.8 Å². The average molecular weight is 380 g/mol. The van der Waals surface area contributed by atoms with Gasteiger partial charge in [0.25, 0.3) is 0 Å². The monoisotopic (exact) mass is 379 g/mol. The van der Waals surface area contributed by atoms with Crippen molar-refractivity contribution in [3.63, 3.8) is 0 Å². The van der Waals surface area contributed by atoms with Gasteiger partial charge in [0, 0.05) is 17.7 Å². The van der Waals surface area contributed by atoms with Gasteiger partial charge in [-0.05, 0) is 81.5 Å². The summed E-state index contributed by atoms with van der Waals surface area (Å²) in [7, 11) is 0. The van der Waals surface area contributed by atoms with Gasteiger partial charge in [-0.2, -0.15) is 0 Å². The molecule has 1 fully saturated rings. The summed E-state index contributed by atoms with van der Waals surface area (Å²) in [5.41, 5.74) is 1.77. The van der Waals surface area contributed by atoms with E-state index in [2.05, 4.69) is 52.1 Å². The molecule has 1 heterocycles. The van der Waals surface area contributed by atoms with Gasteiger partial charge < -0.3 is 10.1 Å². The minimum absolute atomic E-state index is 0.0526. The molecule has 1 saturated heterocycles. The molecule has 0 amide bonds. The number of hydrogen-bond acceptors (Lipinski definition) is 2. The highest BCUT2D eigenvalue weighted by molar-refractivity contribution is 6.30. The Balaban J connectivity index is 1.96. The Bertz CT molecular complexity index is 544. The lowest BCUT2D eigenvalue weighted by molar-refractivity contribution is -0.123. The van der Waals surface area contributed by atoms with Crippen LogP contribution < -0.4 is 5.32 Å². The van der Waals surface area contributed by atoms with Crippen molar-refractivity contribution in [1.29, 1.82) is 0 Å². The first-order valence-corrected chi connectivity index (χ1v) is 10.8.